The van der Waals surface area contributed by atoms with Crippen molar-refractivity contribution in [2.75, 3.05) is 24.7 Å². The molecular formula is C10H15NO4S. The van der Waals surface area contributed by atoms with Gasteiger partial charge in [0.15, 0.2) is 5.54 Å². The maximum atomic E-state index is 11.9. The van der Waals surface area contributed by atoms with Crippen molar-refractivity contribution in [3.63, 3.8) is 0 Å². The van der Waals surface area contributed by atoms with Gasteiger partial charge in [-0.2, -0.15) is 11.8 Å². The van der Waals surface area contributed by atoms with Crippen LogP contribution in [0.15, 0.2) is 0 Å². The van der Waals surface area contributed by atoms with Gasteiger partial charge in [-0.15, -0.1) is 0 Å². The molecule has 2 N–H and O–H groups in total. The number of carboxylic acids is 1. The largest absolute Gasteiger partial charge is 0.479 e. The van der Waals surface area contributed by atoms with E-state index in [4.69, 9.17) is 9.84 Å². The van der Waals surface area contributed by atoms with Crippen LogP contribution in [0.2, 0.25) is 0 Å². The summed E-state index contributed by atoms with van der Waals surface area (Å²) in [6, 6.07) is 0. The van der Waals surface area contributed by atoms with Crippen LogP contribution in [0.5, 0.6) is 0 Å². The fraction of sp³-hybridized carbons (Fsp3) is 0.800. The molecule has 0 radical (unpaired) electrons. The van der Waals surface area contributed by atoms with Gasteiger partial charge in [-0.05, 0) is 12.2 Å². The number of aliphatic carboxylic acids is 1. The standard InChI is InChI=1S/C10H15NO4S/c12-8(7-1-4-16-5-7)11-10(9(13)14)2-3-15-6-10/h7H,1-6H2,(H,11,12)(H,13,14). The average molecular weight is 245 g/mol. The van der Waals surface area contributed by atoms with Crippen LogP contribution in [0.4, 0.5) is 0 Å². The molecule has 2 rings (SSSR count). The predicted molar refractivity (Wildman–Crippen MR) is 59.4 cm³/mol. The number of rotatable bonds is 3. The number of ether oxygens (including phenoxy) is 1. The topological polar surface area (TPSA) is 75.6 Å². The second-order valence-electron chi connectivity index (χ2n) is 4.24. The second-order valence-corrected chi connectivity index (χ2v) is 5.39. The molecule has 2 fully saturated rings. The zero-order valence-electron chi connectivity index (χ0n) is 8.90. The molecule has 0 aromatic carbocycles. The maximum Gasteiger partial charge on any atom is 0.331 e. The fourth-order valence-electron chi connectivity index (χ4n) is 1.96. The van der Waals surface area contributed by atoms with Crippen molar-refractivity contribution >= 4 is 23.6 Å². The van der Waals surface area contributed by atoms with Crippen molar-refractivity contribution < 1.29 is 19.4 Å². The van der Waals surface area contributed by atoms with E-state index in [0.717, 1.165) is 17.9 Å². The highest BCUT2D eigenvalue weighted by Crippen LogP contribution is 2.26. The first-order valence-corrected chi connectivity index (χ1v) is 6.50. The number of amides is 1. The van der Waals surface area contributed by atoms with E-state index >= 15 is 0 Å². The molecule has 16 heavy (non-hydrogen) atoms. The van der Waals surface area contributed by atoms with E-state index in [1.54, 1.807) is 11.8 Å². The quantitative estimate of drug-likeness (QED) is 0.737. The SMILES string of the molecule is O=C(NC1(C(=O)O)CCOC1)C1CCSC1. The molecule has 0 aliphatic carbocycles. The van der Waals surface area contributed by atoms with E-state index < -0.39 is 11.5 Å². The fourth-order valence-corrected chi connectivity index (χ4v) is 3.19. The molecule has 2 saturated heterocycles. The summed E-state index contributed by atoms with van der Waals surface area (Å²) in [4.78, 5) is 23.0. The first kappa shape index (κ1) is 11.7. The molecule has 0 aromatic heterocycles. The third-order valence-electron chi connectivity index (χ3n) is 3.09. The van der Waals surface area contributed by atoms with Crippen LogP contribution >= 0.6 is 11.8 Å². The molecule has 2 heterocycles. The van der Waals surface area contributed by atoms with Crippen molar-refractivity contribution in [1.82, 2.24) is 5.32 Å². The lowest BCUT2D eigenvalue weighted by molar-refractivity contribution is -0.148. The summed E-state index contributed by atoms with van der Waals surface area (Å²) < 4.78 is 5.08. The lowest BCUT2D eigenvalue weighted by Crippen LogP contribution is -2.56. The van der Waals surface area contributed by atoms with Crippen molar-refractivity contribution in [1.29, 1.82) is 0 Å². The normalized spacial score (nSPS) is 33.9. The summed E-state index contributed by atoms with van der Waals surface area (Å²) in [6.45, 7) is 0.472. The van der Waals surface area contributed by atoms with E-state index in [1.807, 2.05) is 0 Å². The molecular weight excluding hydrogens is 230 g/mol. The number of carboxylic acid groups (broad SMARTS) is 1. The highest BCUT2D eigenvalue weighted by molar-refractivity contribution is 7.99. The maximum absolute atomic E-state index is 11.9. The molecule has 6 heteroatoms. The molecule has 2 aliphatic rings. The third-order valence-corrected chi connectivity index (χ3v) is 4.26. The minimum Gasteiger partial charge on any atom is -0.479 e. The summed E-state index contributed by atoms with van der Waals surface area (Å²) >= 11 is 1.74. The van der Waals surface area contributed by atoms with Crippen LogP contribution in [0, 0.1) is 5.92 Å². The molecule has 0 spiro atoms. The van der Waals surface area contributed by atoms with Crippen LogP contribution in [0.1, 0.15) is 12.8 Å². The van der Waals surface area contributed by atoms with Crippen molar-refractivity contribution in [2.24, 2.45) is 5.92 Å². The molecule has 1 amide bonds. The minimum atomic E-state index is -1.19. The Morgan fingerprint density at radius 2 is 2.31 bits per heavy atom. The van der Waals surface area contributed by atoms with E-state index in [1.165, 1.54) is 0 Å². The molecule has 0 bridgehead atoms. The third kappa shape index (κ3) is 2.17. The number of carbonyl (C=O) groups is 2. The van der Waals surface area contributed by atoms with Gasteiger partial charge in [-0.1, -0.05) is 0 Å². The van der Waals surface area contributed by atoms with Crippen molar-refractivity contribution in [2.45, 2.75) is 18.4 Å². The van der Waals surface area contributed by atoms with Gasteiger partial charge >= 0.3 is 5.97 Å². The van der Waals surface area contributed by atoms with Gasteiger partial charge in [-0.25, -0.2) is 4.79 Å². The van der Waals surface area contributed by atoms with E-state index in [0.29, 0.717) is 13.0 Å². The molecule has 2 atom stereocenters. The monoisotopic (exact) mass is 245 g/mol. The van der Waals surface area contributed by atoms with Gasteiger partial charge in [0.05, 0.1) is 6.61 Å². The molecule has 2 aliphatic heterocycles. The smallest absolute Gasteiger partial charge is 0.331 e. The van der Waals surface area contributed by atoms with Crippen LogP contribution < -0.4 is 5.32 Å². The number of thioether (sulfide) groups is 1. The van der Waals surface area contributed by atoms with Crippen LogP contribution in [0.25, 0.3) is 0 Å². The zero-order valence-corrected chi connectivity index (χ0v) is 9.72. The van der Waals surface area contributed by atoms with Gasteiger partial charge in [0.25, 0.3) is 0 Å². The van der Waals surface area contributed by atoms with Gasteiger partial charge in [-0.3, -0.25) is 4.79 Å². The average Bonchev–Trinajstić information content (AvgIpc) is 2.88. The van der Waals surface area contributed by atoms with Gasteiger partial charge in [0.1, 0.15) is 0 Å². The van der Waals surface area contributed by atoms with E-state index in [2.05, 4.69) is 5.32 Å². The number of hydrogen-bond donors (Lipinski definition) is 2. The summed E-state index contributed by atoms with van der Waals surface area (Å²) in [6.07, 6.45) is 1.20. The Hall–Kier alpha value is -0.750. The Kier molecular flexibility index (Phi) is 3.39. The van der Waals surface area contributed by atoms with E-state index in [-0.39, 0.29) is 18.4 Å². The zero-order chi connectivity index (χ0) is 11.6. The Bertz CT molecular complexity index is 295. The Morgan fingerprint density at radius 3 is 2.81 bits per heavy atom. The number of nitrogens with one attached hydrogen (secondary N) is 1. The van der Waals surface area contributed by atoms with Gasteiger partial charge < -0.3 is 15.2 Å². The first-order valence-electron chi connectivity index (χ1n) is 5.35. The Balaban J connectivity index is 2.00. The summed E-state index contributed by atoms with van der Waals surface area (Å²) in [5.74, 6) is 0.598. The lowest BCUT2D eigenvalue weighted by atomic mass is 9.97. The van der Waals surface area contributed by atoms with Gasteiger partial charge in [0, 0.05) is 24.7 Å². The minimum absolute atomic E-state index is 0.0400. The van der Waals surface area contributed by atoms with E-state index in [9.17, 15) is 9.59 Å². The number of carbonyl (C=O) groups excluding carboxylic acids is 1. The van der Waals surface area contributed by atoms with Crippen LogP contribution in [0.3, 0.4) is 0 Å². The summed E-state index contributed by atoms with van der Waals surface area (Å²) in [5, 5.41) is 11.8. The van der Waals surface area contributed by atoms with Gasteiger partial charge in [0.2, 0.25) is 5.91 Å². The molecule has 0 saturated carbocycles. The molecule has 0 aromatic rings. The lowest BCUT2D eigenvalue weighted by Gasteiger charge is -2.25. The molecule has 2 unspecified atom stereocenters. The first-order chi connectivity index (χ1) is 7.64. The second kappa shape index (κ2) is 4.63. The van der Waals surface area contributed by atoms with Crippen molar-refractivity contribution in [3.05, 3.63) is 0 Å². The summed E-state index contributed by atoms with van der Waals surface area (Å²) in [7, 11) is 0. The van der Waals surface area contributed by atoms with Crippen LogP contribution in [-0.2, 0) is 14.3 Å². The summed E-state index contributed by atoms with van der Waals surface area (Å²) in [5.41, 5.74) is -1.19. The molecule has 90 valence electrons. The predicted octanol–water partition coefficient (Wildman–Crippen LogP) is 0.0994. The number of hydrogen-bond acceptors (Lipinski definition) is 4. The van der Waals surface area contributed by atoms with Crippen molar-refractivity contribution in [3.8, 4) is 0 Å². The van der Waals surface area contributed by atoms with Crippen LogP contribution in [-0.4, -0.2) is 47.2 Å². The Labute approximate surface area is 97.9 Å². The molecule has 5 nitrogen and oxygen atoms in total. The highest BCUT2D eigenvalue weighted by atomic mass is 32.2. The highest BCUT2D eigenvalue weighted by Gasteiger charge is 2.45. The Morgan fingerprint density at radius 1 is 1.50 bits per heavy atom.